The highest BCUT2D eigenvalue weighted by molar-refractivity contribution is 6.01. The minimum Gasteiger partial charge on any atom is -0.497 e. The van der Waals surface area contributed by atoms with E-state index in [1.807, 2.05) is 0 Å². The molecule has 9 heteroatoms. The van der Waals surface area contributed by atoms with Crippen molar-refractivity contribution in [3.05, 3.63) is 23.8 Å². The lowest BCUT2D eigenvalue weighted by Crippen LogP contribution is -2.57. The Kier molecular flexibility index (Phi) is 7.42. The van der Waals surface area contributed by atoms with Gasteiger partial charge in [-0.1, -0.05) is 0 Å². The van der Waals surface area contributed by atoms with Crippen LogP contribution in [0.3, 0.4) is 0 Å². The molecular formula is C18H24N2O7. The van der Waals surface area contributed by atoms with Crippen molar-refractivity contribution in [3.8, 4) is 11.5 Å². The maximum Gasteiger partial charge on any atom is 0.308 e. The lowest BCUT2D eigenvalue weighted by atomic mass is 10.1. The molecule has 1 atom stereocenters. The van der Waals surface area contributed by atoms with Gasteiger partial charge in [-0.2, -0.15) is 0 Å². The van der Waals surface area contributed by atoms with Crippen molar-refractivity contribution >= 4 is 17.8 Å². The van der Waals surface area contributed by atoms with Gasteiger partial charge in [0.1, 0.15) is 24.1 Å². The van der Waals surface area contributed by atoms with Crippen molar-refractivity contribution in [2.45, 2.75) is 12.5 Å². The second kappa shape index (κ2) is 9.77. The Morgan fingerprint density at radius 1 is 1.19 bits per heavy atom. The van der Waals surface area contributed by atoms with Crippen molar-refractivity contribution in [2.75, 3.05) is 47.6 Å². The van der Waals surface area contributed by atoms with Crippen LogP contribution in [0.25, 0.3) is 0 Å². The molecule has 0 bridgehead atoms. The zero-order valence-electron chi connectivity index (χ0n) is 15.6. The molecule has 0 spiro atoms. The molecule has 0 radical (unpaired) electrons. The minimum absolute atomic E-state index is 0.0872. The average Bonchev–Trinajstić information content (AvgIpc) is 2.68. The molecule has 1 N–H and O–H groups in total. The Morgan fingerprint density at radius 2 is 1.96 bits per heavy atom. The first-order valence-electron chi connectivity index (χ1n) is 8.47. The fraction of sp³-hybridized carbons (Fsp3) is 0.500. The highest BCUT2D eigenvalue weighted by Gasteiger charge is 2.36. The number of hydrogen-bond donors (Lipinski definition) is 1. The van der Waals surface area contributed by atoms with Crippen molar-refractivity contribution in [3.63, 3.8) is 0 Å². The van der Waals surface area contributed by atoms with Gasteiger partial charge in [0.25, 0.3) is 5.91 Å². The molecule has 148 valence electrons. The fourth-order valence-corrected chi connectivity index (χ4v) is 2.75. The molecule has 0 aliphatic carbocycles. The third kappa shape index (κ3) is 5.10. The second-order valence-electron chi connectivity index (χ2n) is 5.79. The summed E-state index contributed by atoms with van der Waals surface area (Å²) in [6.45, 7) is 0.923. The third-order valence-electron chi connectivity index (χ3n) is 4.14. The zero-order chi connectivity index (χ0) is 19.8. The summed E-state index contributed by atoms with van der Waals surface area (Å²) in [6.07, 6.45) is -0.236. The van der Waals surface area contributed by atoms with Gasteiger partial charge in [-0.25, -0.2) is 0 Å². The number of benzene rings is 1. The molecule has 1 saturated heterocycles. The first kappa shape index (κ1) is 20.5. The monoisotopic (exact) mass is 380 g/mol. The van der Waals surface area contributed by atoms with Crippen molar-refractivity contribution in [1.29, 1.82) is 0 Å². The van der Waals surface area contributed by atoms with E-state index in [9.17, 15) is 14.4 Å². The van der Waals surface area contributed by atoms with Crippen LogP contribution in [-0.2, 0) is 19.1 Å². The second-order valence-corrected chi connectivity index (χ2v) is 5.79. The number of nitrogens with one attached hydrogen (secondary N) is 1. The number of nitrogens with zero attached hydrogens (tertiary/aromatic N) is 1. The predicted octanol–water partition coefficient (Wildman–Crippen LogP) is 0.224. The van der Waals surface area contributed by atoms with Crippen LogP contribution >= 0.6 is 0 Å². The van der Waals surface area contributed by atoms with Gasteiger partial charge in [0.05, 0.1) is 32.8 Å². The summed E-state index contributed by atoms with van der Waals surface area (Å²) in [6, 6.07) is 3.84. The van der Waals surface area contributed by atoms with E-state index >= 15 is 0 Å². The Bertz CT molecular complexity index is 692. The largest absolute Gasteiger partial charge is 0.497 e. The molecule has 0 aromatic heterocycles. The van der Waals surface area contributed by atoms with E-state index in [2.05, 4.69) is 5.32 Å². The Balaban J connectivity index is 2.19. The van der Waals surface area contributed by atoms with Gasteiger partial charge >= 0.3 is 5.97 Å². The summed E-state index contributed by atoms with van der Waals surface area (Å²) in [4.78, 5) is 38.7. The molecule has 1 unspecified atom stereocenters. The number of piperazine rings is 1. The van der Waals surface area contributed by atoms with Gasteiger partial charge in [0.2, 0.25) is 5.91 Å². The Labute approximate surface area is 157 Å². The van der Waals surface area contributed by atoms with Gasteiger partial charge in [-0.15, -0.1) is 0 Å². The number of amides is 2. The van der Waals surface area contributed by atoms with E-state index in [1.54, 1.807) is 18.2 Å². The lowest BCUT2D eigenvalue weighted by molar-refractivity contribution is -0.148. The first-order valence-corrected chi connectivity index (χ1v) is 8.47. The number of carbonyl (C=O) groups excluding carboxylic acids is 3. The maximum absolute atomic E-state index is 13.0. The fourth-order valence-electron chi connectivity index (χ4n) is 2.75. The first-order chi connectivity index (χ1) is 13.0. The van der Waals surface area contributed by atoms with E-state index < -0.39 is 23.8 Å². The quantitative estimate of drug-likeness (QED) is 0.508. The van der Waals surface area contributed by atoms with Gasteiger partial charge in [0, 0.05) is 26.3 Å². The third-order valence-corrected chi connectivity index (χ3v) is 4.14. The number of esters is 1. The van der Waals surface area contributed by atoms with Gasteiger partial charge < -0.3 is 29.2 Å². The van der Waals surface area contributed by atoms with Crippen LogP contribution in [0, 0.1) is 0 Å². The average molecular weight is 380 g/mol. The molecule has 1 fully saturated rings. The Hall–Kier alpha value is -2.81. The molecule has 2 rings (SSSR count). The molecule has 1 aliphatic heterocycles. The zero-order valence-corrected chi connectivity index (χ0v) is 15.6. The lowest BCUT2D eigenvalue weighted by Gasteiger charge is -2.34. The van der Waals surface area contributed by atoms with Crippen LogP contribution in [0.1, 0.15) is 16.8 Å². The van der Waals surface area contributed by atoms with Crippen LogP contribution in [0.15, 0.2) is 18.2 Å². The van der Waals surface area contributed by atoms with Gasteiger partial charge in [0.15, 0.2) is 0 Å². The van der Waals surface area contributed by atoms with Crippen LogP contribution in [-0.4, -0.2) is 76.4 Å². The predicted molar refractivity (Wildman–Crippen MR) is 94.8 cm³/mol. The maximum atomic E-state index is 13.0. The molecule has 1 aromatic carbocycles. The summed E-state index contributed by atoms with van der Waals surface area (Å²) in [5.41, 5.74) is 0.283. The Morgan fingerprint density at radius 3 is 2.63 bits per heavy atom. The van der Waals surface area contributed by atoms with Crippen molar-refractivity contribution in [2.24, 2.45) is 0 Å². The van der Waals surface area contributed by atoms with Crippen molar-refractivity contribution in [1.82, 2.24) is 10.2 Å². The summed E-state index contributed by atoms with van der Waals surface area (Å²) < 4.78 is 20.2. The molecule has 1 aromatic rings. The molecule has 2 amide bonds. The van der Waals surface area contributed by atoms with Crippen LogP contribution in [0.2, 0.25) is 0 Å². The van der Waals surface area contributed by atoms with E-state index in [4.69, 9.17) is 18.9 Å². The van der Waals surface area contributed by atoms with Gasteiger partial charge in [-0.05, 0) is 12.1 Å². The number of rotatable bonds is 8. The summed E-state index contributed by atoms with van der Waals surface area (Å²) in [5.74, 6) is -0.511. The highest BCUT2D eigenvalue weighted by Crippen LogP contribution is 2.27. The summed E-state index contributed by atoms with van der Waals surface area (Å²) in [5, 5.41) is 2.67. The SMILES string of the molecule is COCCOC(=O)CC1C(=O)NCCN1C(=O)c1ccc(OC)cc1OC. The molecular weight excluding hydrogens is 356 g/mol. The van der Waals surface area contributed by atoms with Crippen molar-refractivity contribution < 1.29 is 33.3 Å². The highest BCUT2D eigenvalue weighted by atomic mass is 16.6. The van der Waals surface area contributed by atoms with Gasteiger partial charge in [-0.3, -0.25) is 14.4 Å². The molecule has 1 aliphatic rings. The molecule has 0 saturated carbocycles. The van der Waals surface area contributed by atoms with E-state index in [-0.39, 0.29) is 31.7 Å². The van der Waals surface area contributed by atoms with E-state index in [1.165, 1.54) is 26.2 Å². The topological polar surface area (TPSA) is 103 Å². The summed E-state index contributed by atoms with van der Waals surface area (Å²) in [7, 11) is 4.45. The number of carbonyl (C=O) groups is 3. The molecule has 27 heavy (non-hydrogen) atoms. The number of ether oxygens (including phenoxy) is 4. The minimum atomic E-state index is -0.951. The van der Waals surface area contributed by atoms with Crippen LogP contribution in [0.5, 0.6) is 11.5 Å². The number of methoxy groups -OCH3 is 3. The smallest absolute Gasteiger partial charge is 0.308 e. The standard InChI is InChI=1S/C18H24N2O7/c1-24-8-9-27-16(21)11-14-17(22)19-6-7-20(14)18(23)13-5-4-12(25-2)10-15(13)26-3/h4-5,10,14H,6-9,11H2,1-3H3,(H,19,22). The van der Waals surface area contributed by atoms with Crippen LogP contribution < -0.4 is 14.8 Å². The molecule has 9 nitrogen and oxygen atoms in total. The normalized spacial score (nSPS) is 16.5. The van der Waals surface area contributed by atoms with Crippen LogP contribution in [0.4, 0.5) is 0 Å². The number of hydrogen-bond acceptors (Lipinski definition) is 7. The van der Waals surface area contributed by atoms with E-state index in [0.717, 1.165) is 0 Å². The van der Waals surface area contributed by atoms with E-state index in [0.29, 0.717) is 18.0 Å². The summed E-state index contributed by atoms with van der Waals surface area (Å²) >= 11 is 0. The molecule has 1 heterocycles.